The summed E-state index contributed by atoms with van der Waals surface area (Å²) in [5.74, 6) is -0.00302. The minimum atomic E-state index is -0.536. The summed E-state index contributed by atoms with van der Waals surface area (Å²) in [4.78, 5) is 11.4. The zero-order chi connectivity index (χ0) is 12.8. The average molecular weight is 231 g/mol. The Labute approximate surface area is 101 Å². The Balaban J connectivity index is 2.90. The van der Waals surface area contributed by atoms with Crippen molar-refractivity contribution in [2.75, 3.05) is 6.54 Å². The largest absolute Gasteiger partial charge is 0.368 e. The van der Waals surface area contributed by atoms with Gasteiger partial charge in [-0.15, -0.1) is 0 Å². The third-order valence-electron chi connectivity index (χ3n) is 2.36. The number of rotatable bonds is 5. The Hall–Kier alpha value is -1.86. The number of carbonyl (C=O) groups excluding carboxylic acids is 1. The lowest BCUT2D eigenvalue weighted by Gasteiger charge is -2.17. The summed E-state index contributed by atoms with van der Waals surface area (Å²) < 4.78 is 0. The second kappa shape index (κ2) is 6.02. The van der Waals surface area contributed by atoms with Crippen LogP contribution < -0.4 is 11.1 Å². The van der Waals surface area contributed by atoms with Gasteiger partial charge in [0.25, 0.3) is 0 Å². The van der Waals surface area contributed by atoms with E-state index >= 15 is 0 Å². The molecule has 0 aliphatic rings. The summed E-state index contributed by atoms with van der Waals surface area (Å²) in [7, 11) is 0. The van der Waals surface area contributed by atoms with Crippen molar-refractivity contribution in [2.45, 2.75) is 19.9 Å². The molecule has 4 nitrogen and oxygen atoms in total. The molecule has 0 aliphatic heterocycles. The highest BCUT2D eigenvalue weighted by molar-refractivity contribution is 5.81. The number of hydrogen-bond acceptors (Lipinski definition) is 3. The first kappa shape index (κ1) is 13.2. The van der Waals surface area contributed by atoms with Gasteiger partial charge in [0.1, 0.15) is 6.04 Å². The van der Waals surface area contributed by atoms with Crippen LogP contribution in [0.5, 0.6) is 0 Å². The molecule has 0 bridgehead atoms. The second-order valence-electron chi connectivity index (χ2n) is 4.37. The number of benzene rings is 1. The van der Waals surface area contributed by atoms with E-state index in [1.165, 1.54) is 0 Å². The van der Waals surface area contributed by atoms with Gasteiger partial charge in [-0.2, -0.15) is 5.26 Å². The summed E-state index contributed by atoms with van der Waals surface area (Å²) in [5, 5.41) is 11.9. The van der Waals surface area contributed by atoms with Crippen LogP contribution in [0.25, 0.3) is 0 Å². The molecule has 0 saturated carbocycles. The summed E-state index contributed by atoms with van der Waals surface area (Å²) in [6, 6.07) is 8.44. The highest BCUT2D eigenvalue weighted by Gasteiger charge is 2.17. The van der Waals surface area contributed by atoms with E-state index in [1.54, 1.807) is 24.3 Å². The first-order valence-corrected chi connectivity index (χ1v) is 5.57. The Morgan fingerprint density at radius 3 is 2.76 bits per heavy atom. The van der Waals surface area contributed by atoms with Gasteiger partial charge in [-0.05, 0) is 30.2 Å². The summed E-state index contributed by atoms with van der Waals surface area (Å²) >= 11 is 0. The van der Waals surface area contributed by atoms with E-state index in [4.69, 9.17) is 11.0 Å². The molecule has 1 amide bonds. The standard InChI is InChI=1S/C13H17N3O/c1-9(2)8-16-12(13(15)17)11-5-3-4-10(6-11)7-14/h3-6,9,12,16H,8H2,1-2H3,(H2,15,17). The molecule has 0 radical (unpaired) electrons. The molecule has 0 aliphatic carbocycles. The summed E-state index contributed by atoms with van der Waals surface area (Å²) in [5.41, 5.74) is 6.62. The highest BCUT2D eigenvalue weighted by atomic mass is 16.1. The Morgan fingerprint density at radius 2 is 2.24 bits per heavy atom. The maximum absolute atomic E-state index is 11.4. The molecule has 3 N–H and O–H groups in total. The van der Waals surface area contributed by atoms with Crippen molar-refractivity contribution in [1.82, 2.24) is 5.32 Å². The van der Waals surface area contributed by atoms with Crippen LogP contribution >= 0.6 is 0 Å². The van der Waals surface area contributed by atoms with Gasteiger partial charge in [0.15, 0.2) is 0 Å². The lowest BCUT2D eigenvalue weighted by Crippen LogP contribution is -2.35. The van der Waals surface area contributed by atoms with Crippen molar-refractivity contribution in [1.29, 1.82) is 5.26 Å². The molecule has 1 atom stereocenters. The molecule has 90 valence electrons. The van der Waals surface area contributed by atoms with Crippen molar-refractivity contribution in [3.63, 3.8) is 0 Å². The minimum absolute atomic E-state index is 0.427. The van der Waals surface area contributed by atoms with Crippen LogP contribution in [0.2, 0.25) is 0 Å². The molecule has 0 heterocycles. The number of nitrogens with two attached hydrogens (primary N) is 1. The van der Waals surface area contributed by atoms with Crippen LogP contribution in [-0.4, -0.2) is 12.5 Å². The quantitative estimate of drug-likeness (QED) is 0.802. The minimum Gasteiger partial charge on any atom is -0.368 e. The molecular weight excluding hydrogens is 214 g/mol. The smallest absolute Gasteiger partial charge is 0.239 e. The third-order valence-corrected chi connectivity index (χ3v) is 2.36. The predicted molar refractivity (Wildman–Crippen MR) is 65.9 cm³/mol. The van der Waals surface area contributed by atoms with Crippen LogP contribution in [0.1, 0.15) is 31.0 Å². The molecule has 4 heteroatoms. The van der Waals surface area contributed by atoms with Gasteiger partial charge < -0.3 is 11.1 Å². The van der Waals surface area contributed by atoms with Crippen molar-refractivity contribution in [3.05, 3.63) is 35.4 Å². The van der Waals surface area contributed by atoms with Gasteiger partial charge >= 0.3 is 0 Å². The SMILES string of the molecule is CC(C)CNC(C(N)=O)c1cccc(C#N)c1. The van der Waals surface area contributed by atoms with Gasteiger partial charge in [0.05, 0.1) is 11.6 Å². The fourth-order valence-corrected chi connectivity index (χ4v) is 1.52. The third kappa shape index (κ3) is 3.89. The maximum Gasteiger partial charge on any atom is 0.239 e. The Kier molecular flexibility index (Phi) is 4.68. The van der Waals surface area contributed by atoms with Gasteiger partial charge in [0, 0.05) is 0 Å². The Bertz CT molecular complexity index is 435. The first-order valence-electron chi connectivity index (χ1n) is 5.57. The monoisotopic (exact) mass is 231 g/mol. The van der Waals surface area contributed by atoms with Crippen LogP contribution in [-0.2, 0) is 4.79 Å². The van der Waals surface area contributed by atoms with Crippen molar-refractivity contribution >= 4 is 5.91 Å². The number of primary amides is 1. The molecule has 1 rings (SSSR count). The van der Waals surface area contributed by atoms with E-state index in [1.807, 2.05) is 6.07 Å². The van der Waals surface area contributed by atoms with E-state index in [-0.39, 0.29) is 0 Å². The molecule has 1 unspecified atom stereocenters. The molecular formula is C13H17N3O. The molecule has 0 saturated heterocycles. The number of amides is 1. The van der Waals surface area contributed by atoms with Gasteiger partial charge in [-0.3, -0.25) is 4.79 Å². The molecule has 0 aromatic heterocycles. The van der Waals surface area contributed by atoms with Crippen molar-refractivity contribution in [2.24, 2.45) is 11.7 Å². The maximum atomic E-state index is 11.4. The van der Waals surface area contributed by atoms with Gasteiger partial charge in [-0.25, -0.2) is 0 Å². The van der Waals surface area contributed by atoms with Crippen molar-refractivity contribution in [3.8, 4) is 6.07 Å². The fraction of sp³-hybridized carbons (Fsp3) is 0.385. The first-order chi connectivity index (χ1) is 8.04. The zero-order valence-electron chi connectivity index (χ0n) is 10.1. The lowest BCUT2D eigenvalue weighted by atomic mass is 10.0. The number of nitrogens with zero attached hydrogens (tertiary/aromatic N) is 1. The Morgan fingerprint density at radius 1 is 1.53 bits per heavy atom. The summed E-state index contributed by atoms with van der Waals surface area (Å²) in [6.07, 6.45) is 0. The topological polar surface area (TPSA) is 78.9 Å². The summed E-state index contributed by atoms with van der Waals surface area (Å²) in [6.45, 7) is 4.80. The van der Waals surface area contributed by atoms with Crippen molar-refractivity contribution < 1.29 is 4.79 Å². The van der Waals surface area contributed by atoms with E-state index in [9.17, 15) is 4.79 Å². The lowest BCUT2D eigenvalue weighted by molar-refractivity contribution is -0.120. The second-order valence-corrected chi connectivity index (χ2v) is 4.37. The molecule has 0 fully saturated rings. The number of nitriles is 1. The number of nitrogens with one attached hydrogen (secondary N) is 1. The molecule has 0 spiro atoms. The fourth-order valence-electron chi connectivity index (χ4n) is 1.52. The molecule has 1 aromatic rings. The van der Waals surface area contributed by atoms with Crippen LogP contribution in [0.15, 0.2) is 24.3 Å². The van der Waals surface area contributed by atoms with E-state index in [2.05, 4.69) is 19.2 Å². The van der Waals surface area contributed by atoms with Crippen LogP contribution in [0, 0.1) is 17.2 Å². The van der Waals surface area contributed by atoms with Gasteiger partial charge in [-0.1, -0.05) is 26.0 Å². The molecule has 1 aromatic carbocycles. The normalized spacial score (nSPS) is 12.1. The number of hydrogen-bond donors (Lipinski definition) is 2. The highest BCUT2D eigenvalue weighted by Crippen LogP contribution is 2.14. The average Bonchev–Trinajstić information content (AvgIpc) is 2.28. The van der Waals surface area contributed by atoms with E-state index in [0.29, 0.717) is 18.0 Å². The van der Waals surface area contributed by atoms with Crippen LogP contribution in [0.3, 0.4) is 0 Å². The van der Waals surface area contributed by atoms with Gasteiger partial charge in [0.2, 0.25) is 5.91 Å². The predicted octanol–water partition coefficient (Wildman–Crippen LogP) is 1.33. The van der Waals surface area contributed by atoms with E-state index < -0.39 is 11.9 Å². The van der Waals surface area contributed by atoms with E-state index in [0.717, 1.165) is 5.56 Å². The molecule has 17 heavy (non-hydrogen) atoms. The van der Waals surface area contributed by atoms with Crippen LogP contribution in [0.4, 0.5) is 0 Å². The zero-order valence-corrected chi connectivity index (χ0v) is 10.1. The number of carbonyl (C=O) groups is 1.